The average molecular weight is 251 g/mol. The van der Waals surface area contributed by atoms with Gasteiger partial charge >= 0.3 is 0 Å². The maximum Gasteiger partial charge on any atom is 0.0587 e. The van der Waals surface area contributed by atoms with Gasteiger partial charge in [-0.15, -0.1) is 11.6 Å². The summed E-state index contributed by atoms with van der Waals surface area (Å²) >= 11 is 6.52. The number of benzene rings is 1. The minimum absolute atomic E-state index is 0.208. The van der Waals surface area contributed by atoms with Gasteiger partial charge in [-0.1, -0.05) is 63.8 Å². The van der Waals surface area contributed by atoms with Crippen LogP contribution in [0.2, 0.25) is 0 Å². The highest BCUT2D eigenvalue weighted by Gasteiger charge is 2.19. The largest absolute Gasteiger partial charge is 0.118 e. The van der Waals surface area contributed by atoms with Crippen molar-refractivity contribution in [2.75, 3.05) is 0 Å². The van der Waals surface area contributed by atoms with Crippen LogP contribution in [0.25, 0.3) is 0 Å². The molecule has 1 atom stereocenters. The summed E-state index contributed by atoms with van der Waals surface area (Å²) in [6, 6.07) is 8.87. The van der Waals surface area contributed by atoms with Crippen LogP contribution >= 0.6 is 11.6 Å². The predicted octanol–water partition coefficient (Wildman–Crippen LogP) is 5.67. The lowest BCUT2D eigenvalue weighted by molar-refractivity contribution is 0.496. The minimum Gasteiger partial charge on any atom is -0.118 e. The van der Waals surface area contributed by atoms with Crippen LogP contribution in [0, 0.1) is 5.92 Å². The number of alkyl halides is 1. The fourth-order valence-electron chi connectivity index (χ4n) is 2.76. The van der Waals surface area contributed by atoms with Gasteiger partial charge in [0.2, 0.25) is 0 Å². The van der Waals surface area contributed by atoms with E-state index in [1.54, 1.807) is 0 Å². The highest BCUT2D eigenvalue weighted by molar-refractivity contribution is 6.20. The molecule has 1 aromatic carbocycles. The zero-order valence-electron chi connectivity index (χ0n) is 11.0. The van der Waals surface area contributed by atoms with Crippen LogP contribution in [-0.4, -0.2) is 0 Å². The molecular weight excluding hydrogens is 228 g/mol. The fraction of sp³-hybridized carbons (Fsp3) is 0.625. The van der Waals surface area contributed by atoms with Crippen molar-refractivity contribution in [2.45, 2.75) is 57.2 Å². The lowest BCUT2D eigenvalue weighted by Crippen LogP contribution is -2.00. The topological polar surface area (TPSA) is 0 Å². The third kappa shape index (κ3) is 3.48. The Balaban J connectivity index is 1.96. The summed E-state index contributed by atoms with van der Waals surface area (Å²) in [4.78, 5) is 0. The first kappa shape index (κ1) is 13.0. The van der Waals surface area contributed by atoms with E-state index in [1.807, 2.05) is 0 Å². The first-order valence-electron chi connectivity index (χ1n) is 6.90. The molecule has 2 rings (SSSR count). The van der Waals surface area contributed by atoms with Gasteiger partial charge in [0.25, 0.3) is 0 Å². The van der Waals surface area contributed by atoms with Gasteiger partial charge in [0, 0.05) is 0 Å². The maximum absolute atomic E-state index is 6.52. The van der Waals surface area contributed by atoms with Crippen LogP contribution in [0.5, 0.6) is 0 Å². The molecule has 0 spiro atoms. The van der Waals surface area contributed by atoms with Crippen LogP contribution in [0.15, 0.2) is 24.3 Å². The Hall–Kier alpha value is -0.490. The van der Waals surface area contributed by atoms with E-state index in [1.165, 1.54) is 36.8 Å². The molecule has 0 saturated heterocycles. The summed E-state index contributed by atoms with van der Waals surface area (Å²) in [5.74, 6) is 1.47. The number of rotatable bonds is 4. The summed E-state index contributed by atoms with van der Waals surface area (Å²) in [6.45, 7) is 4.46. The van der Waals surface area contributed by atoms with Gasteiger partial charge in [0.15, 0.2) is 0 Å². The highest BCUT2D eigenvalue weighted by Crippen LogP contribution is 2.36. The van der Waals surface area contributed by atoms with E-state index >= 15 is 0 Å². The molecule has 17 heavy (non-hydrogen) atoms. The van der Waals surface area contributed by atoms with Gasteiger partial charge < -0.3 is 0 Å². The van der Waals surface area contributed by atoms with Crippen molar-refractivity contribution in [1.29, 1.82) is 0 Å². The first-order valence-corrected chi connectivity index (χ1v) is 7.34. The second kappa shape index (κ2) is 5.91. The molecule has 0 nitrogen and oxygen atoms in total. The van der Waals surface area contributed by atoms with Crippen LogP contribution < -0.4 is 0 Å². The monoisotopic (exact) mass is 250 g/mol. The zero-order valence-corrected chi connectivity index (χ0v) is 11.7. The standard InChI is InChI=1S/C16H23Cl/c1-12(2)14-7-9-15(10-8-14)16(17)11-13-5-3-4-6-13/h7-10,12-13,16H,3-6,11H2,1-2H3. The second-order valence-corrected chi connectivity index (χ2v) is 6.20. The first-order chi connectivity index (χ1) is 8.16. The molecule has 94 valence electrons. The molecule has 1 aliphatic rings. The quantitative estimate of drug-likeness (QED) is 0.604. The van der Waals surface area contributed by atoms with Crippen LogP contribution in [0.1, 0.15) is 68.4 Å². The lowest BCUT2D eigenvalue weighted by Gasteiger charge is -2.15. The summed E-state index contributed by atoms with van der Waals surface area (Å²) in [5, 5.41) is 0.208. The van der Waals surface area contributed by atoms with Gasteiger partial charge in [-0.05, 0) is 29.4 Å². The molecule has 1 saturated carbocycles. The number of halogens is 1. The van der Waals surface area contributed by atoms with E-state index in [9.17, 15) is 0 Å². The lowest BCUT2D eigenvalue weighted by atomic mass is 9.95. The molecular formula is C16H23Cl. The molecule has 0 N–H and O–H groups in total. The van der Waals surface area contributed by atoms with Crippen molar-refractivity contribution < 1.29 is 0 Å². The van der Waals surface area contributed by atoms with Crippen LogP contribution in [0.4, 0.5) is 0 Å². The number of hydrogen-bond donors (Lipinski definition) is 0. The van der Waals surface area contributed by atoms with Crippen LogP contribution in [0.3, 0.4) is 0 Å². The smallest absolute Gasteiger partial charge is 0.0587 e. The molecule has 1 aromatic rings. The van der Waals surface area contributed by atoms with Crippen molar-refractivity contribution in [1.82, 2.24) is 0 Å². The molecule has 1 heteroatoms. The van der Waals surface area contributed by atoms with Crippen LogP contribution in [-0.2, 0) is 0 Å². The average Bonchev–Trinajstić information content (AvgIpc) is 2.82. The molecule has 1 unspecified atom stereocenters. The third-order valence-electron chi connectivity index (χ3n) is 3.98. The Bertz CT molecular complexity index is 333. The number of hydrogen-bond acceptors (Lipinski definition) is 0. The summed E-state index contributed by atoms with van der Waals surface area (Å²) in [6.07, 6.45) is 6.73. The van der Waals surface area contributed by atoms with E-state index in [0.29, 0.717) is 5.92 Å². The van der Waals surface area contributed by atoms with Gasteiger partial charge in [-0.2, -0.15) is 0 Å². The second-order valence-electron chi connectivity index (χ2n) is 5.68. The molecule has 0 amide bonds. The maximum atomic E-state index is 6.52. The Morgan fingerprint density at radius 1 is 1.06 bits per heavy atom. The van der Waals surface area contributed by atoms with Crippen molar-refractivity contribution in [3.05, 3.63) is 35.4 Å². The molecule has 0 bridgehead atoms. The minimum atomic E-state index is 0.208. The van der Waals surface area contributed by atoms with Gasteiger partial charge in [-0.25, -0.2) is 0 Å². The SMILES string of the molecule is CC(C)c1ccc(C(Cl)CC2CCCC2)cc1. The van der Waals surface area contributed by atoms with Crippen molar-refractivity contribution >= 4 is 11.6 Å². The Kier molecular flexibility index (Phi) is 4.50. The normalized spacial score (nSPS) is 18.8. The Labute approximate surface area is 110 Å². The van der Waals surface area contributed by atoms with Gasteiger partial charge in [0.1, 0.15) is 0 Å². The van der Waals surface area contributed by atoms with E-state index < -0.39 is 0 Å². The van der Waals surface area contributed by atoms with E-state index in [2.05, 4.69) is 38.1 Å². The molecule has 0 radical (unpaired) electrons. The predicted molar refractivity (Wildman–Crippen MR) is 75.7 cm³/mol. The third-order valence-corrected chi connectivity index (χ3v) is 4.41. The van der Waals surface area contributed by atoms with Crippen molar-refractivity contribution in [2.24, 2.45) is 5.92 Å². The highest BCUT2D eigenvalue weighted by atomic mass is 35.5. The molecule has 1 fully saturated rings. The van der Waals surface area contributed by atoms with E-state index in [-0.39, 0.29) is 5.38 Å². The Morgan fingerprint density at radius 3 is 2.12 bits per heavy atom. The fourth-order valence-corrected chi connectivity index (χ4v) is 3.16. The molecule has 0 heterocycles. The Morgan fingerprint density at radius 2 is 1.59 bits per heavy atom. The van der Waals surface area contributed by atoms with E-state index in [4.69, 9.17) is 11.6 Å². The summed E-state index contributed by atoms with van der Waals surface area (Å²) < 4.78 is 0. The van der Waals surface area contributed by atoms with E-state index in [0.717, 1.165) is 12.3 Å². The van der Waals surface area contributed by atoms with Gasteiger partial charge in [0.05, 0.1) is 5.38 Å². The molecule has 1 aliphatic carbocycles. The van der Waals surface area contributed by atoms with Gasteiger partial charge in [-0.3, -0.25) is 0 Å². The zero-order chi connectivity index (χ0) is 12.3. The summed E-state index contributed by atoms with van der Waals surface area (Å²) in [7, 11) is 0. The van der Waals surface area contributed by atoms with Crippen molar-refractivity contribution in [3.63, 3.8) is 0 Å². The summed E-state index contributed by atoms with van der Waals surface area (Å²) in [5.41, 5.74) is 2.70. The molecule has 0 aromatic heterocycles. The van der Waals surface area contributed by atoms with Crippen molar-refractivity contribution in [3.8, 4) is 0 Å². The molecule has 0 aliphatic heterocycles.